The van der Waals surface area contributed by atoms with Gasteiger partial charge in [-0.05, 0) is 17.0 Å². The van der Waals surface area contributed by atoms with Crippen LogP contribution >= 0.6 is 11.6 Å². The SMILES string of the molecule is C[N+](C)(C)c1ccc(Cl)c(C(F)(F)F)c1F.[SiH4]. The average molecular weight is 289 g/mol. The third-order valence-electron chi connectivity index (χ3n) is 2.08. The van der Waals surface area contributed by atoms with Crippen molar-refractivity contribution in [3.63, 3.8) is 0 Å². The standard InChI is InChI=1S/C10H11ClF4N.H4Si/c1-16(2,3)7-5-4-6(11)8(9(7)12)10(13,14)15;/h4-5H,1-3H3;1H4/q+1;. The maximum atomic E-state index is 13.7. The first-order valence-electron chi connectivity index (χ1n) is 4.42. The van der Waals surface area contributed by atoms with E-state index in [4.69, 9.17) is 11.6 Å². The number of nitrogens with zero attached hydrogens (tertiary/aromatic N) is 1. The van der Waals surface area contributed by atoms with Crippen LogP contribution < -0.4 is 4.48 Å². The molecular weight excluding hydrogens is 274 g/mol. The van der Waals surface area contributed by atoms with Crippen LogP contribution in [0.5, 0.6) is 0 Å². The van der Waals surface area contributed by atoms with Gasteiger partial charge in [0, 0.05) is 6.07 Å². The normalized spacial score (nSPS) is 12.2. The molecule has 0 aliphatic carbocycles. The molecule has 1 aromatic rings. The number of alkyl halides is 3. The maximum absolute atomic E-state index is 13.7. The highest BCUT2D eigenvalue weighted by Gasteiger charge is 2.39. The minimum absolute atomic E-state index is 0. The van der Waals surface area contributed by atoms with Crippen molar-refractivity contribution in [2.24, 2.45) is 0 Å². The van der Waals surface area contributed by atoms with Crippen molar-refractivity contribution >= 4 is 28.3 Å². The van der Waals surface area contributed by atoms with Crippen LogP contribution in [0.1, 0.15) is 5.56 Å². The molecule has 7 heteroatoms. The molecule has 0 saturated heterocycles. The first-order chi connectivity index (χ1) is 7.05. The largest absolute Gasteiger partial charge is 0.420 e. The zero-order valence-electron chi connectivity index (χ0n) is 8.99. The molecule has 0 radical (unpaired) electrons. The number of quaternary nitrogens is 1. The van der Waals surface area contributed by atoms with E-state index in [2.05, 4.69) is 0 Å². The van der Waals surface area contributed by atoms with Gasteiger partial charge in [0.2, 0.25) is 0 Å². The molecule has 0 bridgehead atoms. The molecule has 0 aliphatic heterocycles. The van der Waals surface area contributed by atoms with Gasteiger partial charge < -0.3 is 0 Å². The minimum Gasteiger partial charge on any atom is -0.296 e. The van der Waals surface area contributed by atoms with Crippen molar-refractivity contribution in [3.05, 3.63) is 28.5 Å². The van der Waals surface area contributed by atoms with Crippen molar-refractivity contribution in [3.8, 4) is 0 Å². The smallest absolute Gasteiger partial charge is 0.296 e. The summed E-state index contributed by atoms with van der Waals surface area (Å²) in [4.78, 5) is 0. The minimum atomic E-state index is -4.79. The van der Waals surface area contributed by atoms with Gasteiger partial charge in [-0.25, -0.2) is 0 Å². The maximum Gasteiger partial charge on any atom is 0.420 e. The summed E-state index contributed by atoms with van der Waals surface area (Å²) in [5, 5.41) is -0.623. The summed E-state index contributed by atoms with van der Waals surface area (Å²) in [5.41, 5.74) is -1.46. The van der Waals surface area contributed by atoms with Gasteiger partial charge in [-0.2, -0.15) is 17.6 Å². The highest BCUT2D eigenvalue weighted by molar-refractivity contribution is 6.31. The Kier molecular flexibility index (Phi) is 4.78. The number of hydrogen-bond donors (Lipinski definition) is 0. The molecule has 0 amide bonds. The molecule has 0 spiro atoms. The molecule has 1 rings (SSSR count). The van der Waals surface area contributed by atoms with E-state index in [-0.39, 0.29) is 21.1 Å². The summed E-state index contributed by atoms with van der Waals surface area (Å²) in [7, 11) is 4.73. The van der Waals surface area contributed by atoms with E-state index >= 15 is 0 Å². The number of benzene rings is 1. The molecule has 98 valence electrons. The van der Waals surface area contributed by atoms with Crippen LogP contribution in [0.15, 0.2) is 12.1 Å². The van der Waals surface area contributed by atoms with E-state index < -0.39 is 22.6 Å². The first-order valence-corrected chi connectivity index (χ1v) is 4.80. The lowest BCUT2D eigenvalue weighted by atomic mass is 10.1. The Labute approximate surface area is 107 Å². The highest BCUT2D eigenvalue weighted by atomic mass is 35.5. The number of rotatable bonds is 1. The van der Waals surface area contributed by atoms with Crippen molar-refractivity contribution in [1.82, 2.24) is 4.48 Å². The summed E-state index contributed by atoms with van der Waals surface area (Å²) in [6.07, 6.45) is -4.79. The lowest BCUT2D eigenvalue weighted by Gasteiger charge is -2.25. The number of halogens is 5. The molecule has 0 N–H and O–H groups in total. The van der Waals surface area contributed by atoms with E-state index in [0.717, 1.165) is 6.07 Å². The second-order valence-corrected chi connectivity index (χ2v) is 4.67. The number of hydrogen-bond acceptors (Lipinski definition) is 0. The fraction of sp³-hybridized carbons (Fsp3) is 0.400. The fourth-order valence-electron chi connectivity index (χ4n) is 1.32. The van der Waals surface area contributed by atoms with E-state index in [9.17, 15) is 17.6 Å². The monoisotopic (exact) mass is 288 g/mol. The summed E-state index contributed by atoms with van der Waals surface area (Å²) < 4.78 is 51.3. The van der Waals surface area contributed by atoms with Crippen LogP contribution in [-0.4, -0.2) is 32.1 Å². The van der Waals surface area contributed by atoms with Gasteiger partial charge in [0.05, 0.1) is 26.2 Å². The molecule has 0 heterocycles. The van der Waals surface area contributed by atoms with E-state index in [1.54, 1.807) is 21.1 Å². The van der Waals surface area contributed by atoms with Gasteiger partial charge in [0.15, 0.2) is 11.5 Å². The Morgan fingerprint density at radius 3 is 1.94 bits per heavy atom. The van der Waals surface area contributed by atoms with Gasteiger partial charge in [-0.1, -0.05) is 11.6 Å². The van der Waals surface area contributed by atoms with E-state index in [1.807, 2.05) is 0 Å². The molecule has 0 saturated carbocycles. The third-order valence-corrected chi connectivity index (χ3v) is 2.39. The molecule has 0 aromatic heterocycles. The average Bonchev–Trinajstić information content (AvgIpc) is 1.97. The fourth-order valence-corrected chi connectivity index (χ4v) is 1.57. The Morgan fingerprint density at radius 2 is 1.59 bits per heavy atom. The zero-order valence-corrected chi connectivity index (χ0v) is 9.75. The first kappa shape index (κ1) is 16.4. The summed E-state index contributed by atoms with van der Waals surface area (Å²) >= 11 is 5.37. The zero-order chi connectivity index (χ0) is 12.7. The van der Waals surface area contributed by atoms with Gasteiger partial charge in [0.25, 0.3) is 0 Å². The summed E-state index contributed by atoms with van der Waals surface area (Å²) in [6.45, 7) is 0. The predicted octanol–water partition coefficient (Wildman–Crippen LogP) is 2.24. The van der Waals surface area contributed by atoms with Crippen molar-refractivity contribution in [2.45, 2.75) is 6.18 Å². The van der Waals surface area contributed by atoms with Gasteiger partial charge in [-0.15, -0.1) is 0 Å². The Bertz CT molecular complexity index is 412. The molecule has 1 nitrogen and oxygen atoms in total. The van der Waals surface area contributed by atoms with E-state index in [0.29, 0.717) is 0 Å². The molecule has 0 unspecified atom stereocenters. The van der Waals surface area contributed by atoms with Gasteiger partial charge >= 0.3 is 6.18 Å². The topological polar surface area (TPSA) is 0 Å². The van der Waals surface area contributed by atoms with Gasteiger partial charge in [0.1, 0.15) is 5.56 Å². The molecule has 0 fully saturated rings. The van der Waals surface area contributed by atoms with Crippen LogP contribution in [-0.2, 0) is 6.18 Å². The van der Waals surface area contributed by atoms with Gasteiger partial charge in [-0.3, -0.25) is 4.48 Å². The second kappa shape index (κ2) is 4.95. The van der Waals surface area contributed by atoms with Crippen LogP contribution in [0.25, 0.3) is 0 Å². The Morgan fingerprint density at radius 1 is 1.12 bits per heavy atom. The highest BCUT2D eigenvalue weighted by Crippen LogP contribution is 2.40. The van der Waals surface area contributed by atoms with Crippen LogP contribution in [0, 0.1) is 5.82 Å². The molecule has 0 aliphatic rings. The Hall–Kier alpha value is -0.593. The van der Waals surface area contributed by atoms with Crippen molar-refractivity contribution in [2.75, 3.05) is 21.1 Å². The van der Waals surface area contributed by atoms with Crippen LogP contribution in [0.4, 0.5) is 23.2 Å². The van der Waals surface area contributed by atoms with Crippen LogP contribution in [0.3, 0.4) is 0 Å². The second-order valence-electron chi connectivity index (χ2n) is 4.27. The molecular formula is C10H15ClF4NSi+. The third kappa shape index (κ3) is 3.43. The summed E-state index contributed by atoms with van der Waals surface area (Å²) in [6, 6.07) is 2.32. The Balaban J connectivity index is 0.00000256. The lowest BCUT2D eigenvalue weighted by Crippen LogP contribution is -2.36. The van der Waals surface area contributed by atoms with Crippen molar-refractivity contribution < 1.29 is 17.6 Å². The lowest BCUT2D eigenvalue weighted by molar-refractivity contribution is -0.139. The van der Waals surface area contributed by atoms with E-state index in [1.165, 1.54) is 6.07 Å². The molecule has 1 aromatic carbocycles. The predicted molar refractivity (Wildman–Crippen MR) is 67.3 cm³/mol. The summed E-state index contributed by atoms with van der Waals surface area (Å²) in [5.74, 6) is -1.31. The molecule has 0 atom stereocenters. The van der Waals surface area contributed by atoms with Crippen molar-refractivity contribution in [1.29, 1.82) is 0 Å². The quantitative estimate of drug-likeness (QED) is 0.422. The molecule has 17 heavy (non-hydrogen) atoms. The van der Waals surface area contributed by atoms with Crippen LogP contribution in [0.2, 0.25) is 5.02 Å².